The summed E-state index contributed by atoms with van der Waals surface area (Å²) in [5, 5.41) is 0. The second-order valence-corrected chi connectivity index (χ2v) is 6.58. The summed E-state index contributed by atoms with van der Waals surface area (Å²) >= 11 is 0. The van der Waals surface area contributed by atoms with Crippen LogP contribution in [0.15, 0.2) is 18.5 Å². The van der Waals surface area contributed by atoms with Gasteiger partial charge < -0.3 is 14.2 Å². The van der Waals surface area contributed by atoms with E-state index in [9.17, 15) is 0 Å². The summed E-state index contributed by atoms with van der Waals surface area (Å²) in [5.41, 5.74) is 1.41. The van der Waals surface area contributed by atoms with Crippen molar-refractivity contribution in [1.82, 2.24) is 14.4 Å². The van der Waals surface area contributed by atoms with Crippen LogP contribution in [0.4, 0.5) is 0 Å². The molecule has 0 amide bonds. The molecule has 2 fully saturated rings. The van der Waals surface area contributed by atoms with Gasteiger partial charge in [-0.05, 0) is 37.4 Å². The molecule has 0 aromatic carbocycles. The summed E-state index contributed by atoms with van der Waals surface area (Å²) in [6.07, 6.45) is 7.56. The van der Waals surface area contributed by atoms with Gasteiger partial charge in [0.1, 0.15) is 0 Å². The van der Waals surface area contributed by atoms with Crippen LogP contribution < -0.4 is 0 Å². The van der Waals surface area contributed by atoms with Crippen molar-refractivity contribution in [3.05, 3.63) is 24.0 Å². The first-order valence-corrected chi connectivity index (χ1v) is 7.82. The van der Waals surface area contributed by atoms with Crippen molar-refractivity contribution in [1.29, 1.82) is 0 Å². The van der Waals surface area contributed by atoms with E-state index in [0.29, 0.717) is 6.10 Å². The Balaban J connectivity index is 1.56. The number of aromatic nitrogens is 1. The molecule has 0 radical (unpaired) electrons. The standard InChI is InChI=1S/C16H27N3O/c1-17-6-5-15(9-17)11-19(10-14-3-4-14)13-16-12-18(2)7-8-20-16/h5-6,9,14,16H,3-4,7-8,10-13H2,1-2H3/t16-/m0/s1. The Hall–Kier alpha value is -0.840. The minimum Gasteiger partial charge on any atom is -0.374 e. The van der Waals surface area contributed by atoms with Crippen LogP contribution in [0.25, 0.3) is 0 Å². The summed E-state index contributed by atoms with van der Waals surface area (Å²) in [6.45, 7) is 6.37. The van der Waals surface area contributed by atoms with Crippen LogP contribution in [0.1, 0.15) is 18.4 Å². The Morgan fingerprint density at radius 2 is 2.15 bits per heavy atom. The van der Waals surface area contributed by atoms with Gasteiger partial charge in [0.05, 0.1) is 12.7 Å². The Morgan fingerprint density at radius 3 is 2.80 bits per heavy atom. The van der Waals surface area contributed by atoms with Gasteiger partial charge in [0.15, 0.2) is 0 Å². The zero-order valence-corrected chi connectivity index (χ0v) is 12.8. The molecule has 0 N–H and O–H groups in total. The molecule has 4 heteroatoms. The lowest BCUT2D eigenvalue weighted by atomic mass is 10.2. The maximum atomic E-state index is 5.94. The first kappa shape index (κ1) is 14.1. The van der Waals surface area contributed by atoms with Crippen LogP contribution in [0.2, 0.25) is 0 Å². The Labute approximate surface area is 122 Å². The smallest absolute Gasteiger partial charge is 0.0829 e. The predicted molar refractivity (Wildman–Crippen MR) is 80.7 cm³/mol. The number of hydrogen-bond donors (Lipinski definition) is 0. The zero-order valence-electron chi connectivity index (χ0n) is 12.8. The van der Waals surface area contributed by atoms with Gasteiger partial charge in [0, 0.05) is 52.2 Å². The molecule has 2 heterocycles. The molecule has 1 aromatic heterocycles. The maximum absolute atomic E-state index is 5.94. The molecule has 1 aliphatic heterocycles. The molecule has 0 bridgehead atoms. The number of rotatable bonds is 6. The predicted octanol–water partition coefficient (Wildman–Crippen LogP) is 1.57. The fourth-order valence-corrected chi connectivity index (χ4v) is 3.05. The lowest BCUT2D eigenvalue weighted by molar-refractivity contribution is -0.0372. The summed E-state index contributed by atoms with van der Waals surface area (Å²) in [5.74, 6) is 0.931. The first-order chi connectivity index (χ1) is 9.69. The van der Waals surface area contributed by atoms with Gasteiger partial charge in [0.2, 0.25) is 0 Å². The minimum absolute atomic E-state index is 0.371. The van der Waals surface area contributed by atoms with Crippen LogP contribution in [-0.4, -0.2) is 60.3 Å². The molecule has 2 aliphatic rings. The normalized spacial score (nSPS) is 24.4. The van der Waals surface area contributed by atoms with Crippen molar-refractivity contribution in [2.75, 3.05) is 39.8 Å². The highest BCUT2D eigenvalue weighted by atomic mass is 16.5. The van der Waals surface area contributed by atoms with Gasteiger partial charge >= 0.3 is 0 Å². The van der Waals surface area contributed by atoms with Crippen LogP contribution in [-0.2, 0) is 18.3 Å². The van der Waals surface area contributed by atoms with E-state index in [0.717, 1.165) is 38.7 Å². The van der Waals surface area contributed by atoms with Gasteiger partial charge in [-0.25, -0.2) is 0 Å². The van der Waals surface area contributed by atoms with Gasteiger partial charge in [0.25, 0.3) is 0 Å². The summed E-state index contributed by atoms with van der Waals surface area (Å²) in [4.78, 5) is 4.98. The van der Waals surface area contributed by atoms with Crippen molar-refractivity contribution in [2.45, 2.75) is 25.5 Å². The average molecular weight is 277 g/mol. The van der Waals surface area contributed by atoms with E-state index in [4.69, 9.17) is 4.74 Å². The molecule has 1 saturated carbocycles. The van der Waals surface area contributed by atoms with Crippen LogP contribution >= 0.6 is 0 Å². The molecule has 1 aliphatic carbocycles. The third kappa shape index (κ3) is 4.08. The molecular formula is C16H27N3O. The number of aryl methyl sites for hydroxylation is 1. The van der Waals surface area contributed by atoms with Crippen molar-refractivity contribution < 1.29 is 4.74 Å². The number of ether oxygens (including phenoxy) is 1. The van der Waals surface area contributed by atoms with E-state index in [2.05, 4.69) is 46.9 Å². The van der Waals surface area contributed by atoms with Gasteiger partial charge in [-0.2, -0.15) is 0 Å². The molecule has 1 atom stereocenters. The second kappa shape index (κ2) is 6.29. The highest BCUT2D eigenvalue weighted by molar-refractivity contribution is 5.09. The van der Waals surface area contributed by atoms with E-state index >= 15 is 0 Å². The van der Waals surface area contributed by atoms with Gasteiger partial charge in [-0.3, -0.25) is 4.90 Å². The third-order valence-corrected chi connectivity index (χ3v) is 4.32. The zero-order chi connectivity index (χ0) is 13.9. The van der Waals surface area contributed by atoms with Crippen molar-refractivity contribution in [3.8, 4) is 0 Å². The van der Waals surface area contributed by atoms with E-state index in [1.54, 1.807) is 0 Å². The van der Waals surface area contributed by atoms with Crippen molar-refractivity contribution >= 4 is 0 Å². The summed E-state index contributed by atoms with van der Waals surface area (Å²) < 4.78 is 8.07. The fourth-order valence-electron chi connectivity index (χ4n) is 3.05. The Kier molecular flexibility index (Phi) is 4.44. The highest BCUT2D eigenvalue weighted by Crippen LogP contribution is 2.30. The SMILES string of the molecule is CN1CCO[C@H](CN(Cc2ccn(C)c2)CC2CC2)C1. The minimum atomic E-state index is 0.371. The first-order valence-electron chi connectivity index (χ1n) is 7.82. The molecule has 4 nitrogen and oxygen atoms in total. The molecule has 20 heavy (non-hydrogen) atoms. The quantitative estimate of drug-likeness (QED) is 0.787. The molecule has 0 spiro atoms. The van der Waals surface area contributed by atoms with Gasteiger partial charge in [-0.1, -0.05) is 0 Å². The van der Waals surface area contributed by atoms with E-state index < -0.39 is 0 Å². The highest BCUT2D eigenvalue weighted by Gasteiger charge is 2.27. The van der Waals surface area contributed by atoms with E-state index in [1.807, 2.05) is 0 Å². The topological polar surface area (TPSA) is 20.6 Å². The van der Waals surface area contributed by atoms with Crippen molar-refractivity contribution in [3.63, 3.8) is 0 Å². The molecule has 1 aromatic rings. The third-order valence-electron chi connectivity index (χ3n) is 4.32. The average Bonchev–Trinajstić information content (AvgIpc) is 3.11. The van der Waals surface area contributed by atoms with E-state index in [1.165, 1.54) is 24.9 Å². The largest absolute Gasteiger partial charge is 0.374 e. The number of hydrogen-bond acceptors (Lipinski definition) is 3. The molecule has 112 valence electrons. The van der Waals surface area contributed by atoms with Crippen molar-refractivity contribution in [2.24, 2.45) is 13.0 Å². The lowest BCUT2D eigenvalue weighted by Gasteiger charge is -2.34. The van der Waals surface area contributed by atoms with Gasteiger partial charge in [-0.15, -0.1) is 0 Å². The Bertz CT molecular complexity index is 427. The van der Waals surface area contributed by atoms with Crippen LogP contribution in [0, 0.1) is 5.92 Å². The van der Waals surface area contributed by atoms with Crippen LogP contribution in [0.3, 0.4) is 0 Å². The maximum Gasteiger partial charge on any atom is 0.0829 e. The molecular weight excluding hydrogens is 250 g/mol. The molecule has 3 rings (SSSR count). The number of morpholine rings is 1. The molecule has 1 saturated heterocycles. The molecule has 0 unspecified atom stereocenters. The Morgan fingerprint density at radius 1 is 1.30 bits per heavy atom. The van der Waals surface area contributed by atoms with E-state index in [-0.39, 0.29) is 0 Å². The summed E-state index contributed by atoms with van der Waals surface area (Å²) in [7, 11) is 4.28. The second-order valence-electron chi connectivity index (χ2n) is 6.58. The lowest BCUT2D eigenvalue weighted by Crippen LogP contribution is -2.46. The monoisotopic (exact) mass is 277 g/mol. The number of nitrogens with zero attached hydrogens (tertiary/aromatic N) is 3. The van der Waals surface area contributed by atoms with Crippen LogP contribution in [0.5, 0.6) is 0 Å². The summed E-state index contributed by atoms with van der Waals surface area (Å²) in [6, 6.07) is 2.23. The fraction of sp³-hybridized carbons (Fsp3) is 0.750. The number of likely N-dealkylation sites (N-methyl/N-ethyl adjacent to an activating group) is 1.